The predicted octanol–water partition coefficient (Wildman–Crippen LogP) is 3.24. The summed E-state index contributed by atoms with van der Waals surface area (Å²) in [6, 6.07) is 7.17. The van der Waals surface area contributed by atoms with Gasteiger partial charge in [-0.25, -0.2) is 9.78 Å². The summed E-state index contributed by atoms with van der Waals surface area (Å²) < 4.78 is 10.4. The van der Waals surface area contributed by atoms with Crippen molar-refractivity contribution in [2.75, 3.05) is 27.3 Å². The second-order valence-electron chi connectivity index (χ2n) is 6.28. The van der Waals surface area contributed by atoms with Crippen LogP contribution < -0.4 is 10.3 Å². The molecule has 148 valence electrons. The highest BCUT2D eigenvalue weighted by Crippen LogP contribution is 2.27. The van der Waals surface area contributed by atoms with Crippen LogP contribution in [0.25, 0.3) is 10.2 Å². The fourth-order valence-electron chi connectivity index (χ4n) is 2.74. The maximum absolute atomic E-state index is 12.5. The molecular weight excluding hydrogens is 402 g/mol. The summed E-state index contributed by atoms with van der Waals surface area (Å²) in [5.74, 6) is 0.817. The Hall–Kier alpha value is -2.42. The van der Waals surface area contributed by atoms with Crippen LogP contribution in [0.2, 0.25) is 5.02 Å². The van der Waals surface area contributed by atoms with Gasteiger partial charge in [0.1, 0.15) is 27.9 Å². The first-order valence-electron chi connectivity index (χ1n) is 8.56. The average Bonchev–Trinajstić information content (AvgIpc) is 2.99. The van der Waals surface area contributed by atoms with Crippen molar-refractivity contribution < 1.29 is 14.3 Å². The highest BCUT2D eigenvalue weighted by molar-refractivity contribution is 7.20. The van der Waals surface area contributed by atoms with Crippen molar-refractivity contribution in [3.8, 4) is 5.75 Å². The molecule has 0 aliphatic rings. The smallest absolute Gasteiger partial charge is 0.348 e. The molecule has 0 amide bonds. The SMILES string of the molecule is COC(=O)c1sc2nc(CN(C)CCOc3ccc(Cl)cc3)[nH]c(=O)c2c1C. The van der Waals surface area contributed by atoms with Crippen molar-refractivity contribution >= 4 is 39.1 Å². The number of aromatic amines is 1. The molecule has 0 unspecified atom stereocenters. The van der Waals surface area contributed by atoms with Gasteiger partial charge in [-0.05, 0) is 43.8 Å². The van der Waals surface area contributed by atoms with Crippen molar-refractivity contribution in [3.05, 3.63) is 55.9 Å². The van der Waals surface area contributed by atoms with Gasteiger partial charge in [0.05, 0.1) is 19.0 Å². The maximum atomic E-state index is 12.5. The van der Waals surface area contributed by atoms with E-state index in [1.54, 1.807) is 19.1 Å². The number of rotatable bonds is 7. The molecule has 0 fully saturated rings. The fraction of sp³-hybridized carbons (Fsp3) is 0.316. The van der Waals surface area contributed by atoms with Gasteiger partial charge in [0, 0.05) is 11.6 Å². The quantitative estimate of drug-likeness (QED) is 0.589. The molecule has 9 heteroatoms. The van der Waals surface area contributed by atoms with Gasteiger partial charge in [0.25, 0.3) is 5.56 Å². The average molecular weight is 422 g/mol. The van der Waals surface area contributed by atoms with E-state index in [9.17, 15) is 9.59 Å². The van der Waals surface area contributed by atoms with E-state index in [1.165, 1.54) is 18.4 Å². The van der Waals surface area contributed by atoms with E-state index >= 15 is 0 Å². The van der Waals surface area contributed by atoms with Gasteiger partial charge >= 0.3 is 5.97 Å². The largest absolute Gasteiger partial charge is 0.492 e. The minimum Gasteiger partial charge on any atom is -0.492 e. The Bertz CT molecular complexity index is 1050. The molecule has 0 aliphatic carbocycles. The van der Waals surface area contributed by atoms with E-state index in [-0.39, 0.29) is 5.56 Å². The number of thiophene rings is 1. The first kappa shape index (κ1) is 20.3. The fourth-order valence-corrected chi connectivity index (χ4v) is 3.98. The number of aryl methyl sites for hydroxylation is 1. The van der Waals surface area contributed by atoms with Crippen molar-refractivity contribution in [2.45, 2.75) is 13.5 Å². The Morgan fingerprint density at radius 2 is 2.04 bits per heavy atom. The number of methoxy groups -OCH3 is 1. The zero-order valence-electron chi connectivity index (χ0n) is 15.7. The number of nitrogens with one attached hydrogen (secondary N) is 1. The van der Waals surface area contributed by atoms with Crippen LogP contribution in [-0.4, -0.2) is 48.1 Å². The molecule has 0 bridgehead atoms. The van der Waals surface area contributed by atoms with Crippen molar-refractivity contribution in [2.24, 2.45) is 0 Å². The molecule has 0 radical (unpaired) electrons. The minimum absolute atomic E-state index is 0.255. The molecule has 0 spiro atoms. The molecule has 7 nitrogen and oxygen atoms in total. The highest BCUT2D eigenvalue weighted by atomic mass is 35.5. The van der Waals surface area contributed by atoms with E-state index < -0.39 is 5.97 Å². The number of ether oxygens (including phenoxy) is 2. The van der Waals surface area contributed by atoms with E-state index in [4.69, 9.17) is 21.1 Å². The lowest BCUT2D eigenvalue weighted by atomic mass is 10.2. The van der Waals surface area contributed by atoms with Crippen LogP contribution in [0.15, 0.2) is 29.1 Å². The van der Waals surface area contributed by atoms with Crippen LogP contribution >= 0.6 is 22.9 Å². The lowest BCUT2D eigenvalue weighted by Crippen LogP contribution is -2.26. The number of hydrogen-bond acceptors (Lipinski definition) is 7. The molecule has 0 saturated carbocycles. The van der Waals surface area contributed by atoms with Gasteiger partial charge in [-0.3, -0.25) is 9.69 Å². The standard InChI is InChI=1S/C19H20ClN3O4S/c1-11-15-17(24)21-14(22-18(15)28-16(11)19(25)26-3)10-23(2)8-9-27-13-6-4-12(20)5-7-13/h4-7H,8-10H2,1-3H3,(H,21,22,24). The molecule has 0 aliphatic heterocycles. The molecule has 2 heterocycles. The molecule has 2 aromatic heterocycles. The first-order valence-corrected chi connectivity index (χ1v) is 9.76. The first-order chi connectivity index (χ1) is 13.4. The van der Waals surface area contributed by atoms with Gasteiger partial charge in [-0.2, -0.15) is 0 Å². The topological polar surface area (TPSA) is 84.5 Å². The summed E-state index contributed by atoms with van der Waals surface area (Å²) in [7, 11) is 3.23. The summed E-state index contributed by atoms with van der Waals surface area (Å²) in [6.45, 7) is 3.29. The number of hydrogen-bond donors (Lipinski definition) is 1. The molecule has 0 atom stereocenters. The molecule has 0 saturated heterocycles. The predicted molar refractivity (Wildman–Crippen MR) is 110 cm³/mol. The third-order valence-corrected chi connectivity index (χ3v) is 5.61. The van der Waals surface area contributed by atoms with Gasteiger partial charge in [0.15, 0.2) is 0 Å². The van der Waals surface area contributed by atoms with E-state index in [1.807, 2.05) is 24.1 Å². The zero-order chi connectivity index (χ0) is 20.3. The molecule has 1 aromatic carbocycles. The number of fused-ring (bicyclic) bond motifs is 1. The highest BCUT2D eigenvalue weighted by Gasteiger charge is 2.19. The summed E-state index contributed by atoms with van der Waals surface area (Å²) >= 11 is 7.02. The van der Waals surface area contributed by atoms with Crippen LogP contribution in [0.4, 0.5) is 0 Å². The van der Waals surface area contributed by atoms with Crippen molar-refractivity contribution in [1.29, 1.82) is 0 Å². The number of nitrogens with zero attached hydrogens (tertiary/aromatic N) is 2. The van der Waals surface area contributed by atoms with Crippen LogP contribution in [0.3, 0.4) is 0 Å². The van der Waals surface area contributed by atoms with Crippen LogP contribution in [0.5, 0.6) is 5.75 Å². The number of likely N-dealkylation sites (N-methyl/N-ethyl adjacent to an activating group) is 1. The Morgan fingerprint density at radius 3 is 2.71 bits per heavy atom. The van der Waals surface area contributed by atoms with E-state index in [2.05, 4.69) is 9.97 Å². The van der Waals surface area contributed by atoms with Crippen LogP contribution in [0, 0.1) is 6.92 Å². The number of halogens is 1. The summed E-state index contributed by atoms with van der Waals surface area (Å²) in [5, 5.41) is 1.09. The minimum atomic E-state index is -0.460. The Morgan fingerprint density at radius 1 is 1.32 bits per heavy atom. The second-order valence-corrected chi connectivity index (χ2v) is 7.72. The van der Waals surface area contributed by atoms with Gasteiger partial charge in [0.2, 0.25) is 0 Å². The molecule has 1 N–H and O–H groups in total. The van der Waals surface area contributed by atoms with Crippen LogP contribution in [-0.2, 0) is 11.3 Å². The second kappa shape index (κ2) is 8.72. The van der Waals surface area contributed by atoms with Gasteiger partial charge in [-0.15, -0.1) is 11.3 Å². The maximum Gasteiger partial charge on any atom is 0.348 e. The monoisotopic (exact) mass is 421 g/mol. The lowest BCUT2D eigenvalue weighted by molar-refractivity contribution is 0.0605. The number of carbonyl (C=O) groups excluding carboxylic acids is 1. The van der Waals surface area contributed by atoms with Crippen LogP contribution in [0.1, 0.15) is 21.1 Å². The Kier molecular flexibility index (Phi) is 6.33. The number of esters is 1. The summed E-state index contributed by atoms with van der Waals surface area (Å²) in [5.41, 5.74) is 0.339. The molecular formula is C19H20ClN3O4S. The number of aromatic nitrogens is 2. The van der Waals surface area contributed by atoms with Gasteiger partial charge in [-0.1, -0.05) is 11.6 Å². The van der Waals surface area contributed by atoms with Gasteiger partial charge < -0.3 is 14.5 Å². The van der Waals surface area contributed by atoms with Crippen molar-refractivity contribution in [1.82, 2.24) is 14.9 Å². The lowest BCUT2D eigenvalue weighted by Gasteiger charge is -2.16. The summed E-state index contributed by atoms with van der Waals surface area (Å²) in [4.78, 5) is 34.5. The van der Waals surface area contributed by atoms with E-state index in [0.717, 1.165) is 5.75 Å². The Labute approximate surface area is 170 Å². The molecule has 28 heavy (non-hydrogen) atoms. The third kappa shape index (κ3) is 4.52. The normalized spacial score (nSPS) is 11.2. The number of carbonyl (C=O) groups is 1. The third-order valence-electron chi connectivity index (χ3n) is 4.20. The number of H-pyrrole nitrogens is 1. The van der Waals surface area contributed by atoms with Crippen molar-refractivity contribution in [3.63, 3.8) is 0 Å². The zero-order valence-corrected chi connectivity index (χ0v) is 17.3. The molecule has 3 rings (SSSR count). The molecule has 3 aromatic rings. The number of benzene rings is 1. The van der Waals surface area contributed by atoms with E-state index in [0.29, 0.717) is 51.2 Å². The summed E-state index contributed by atoms with van der Waals surface area (Å²) in [6.07, 6.45) is 0. The Balaban J connectivity index is 1.67.